The Bertz CT molecular complexity index is 436. The Kier molecular flexibility index (Phi) is 6.79. The van der Waals surface area contributed by atoms with Crippen molar-refractivity contribution in [1.29, 1.82) is 0 Å². The summed E-state index contributed by atoms with van der Waals surface area (Å²) in [4.78, 5) is 0. The standard InChI is InChI=1S/C17H29BrO2Si/c1-12(2)21(13(3)4,14(5)6)20-16-10-8-9-15(11-18)17(16)19-7/h8-10,12-14H,11H2,1-7H3. The van der Waals surface area contributed by atoms with E-state index in [1.807, 2.05) is 6.07 Å². The number of hydrogen-bond acceptors (Lipinski definition) is 2. The average Bonchev–Trinajstić information content (AvgIpc) is 2.42. The molecule has 0 bridgehead atoms. The number of ether oxygens (including phenoxy) is 1. The van der Waals surface area contributed by atoms with Crippen LogP contribution in [0.4, 0.5) is 0 Å². The smallest absolute Gasteiger partial charge is 0.258 e. The second-order valence-corrected chi connectivity index (χ2v) is 12.4. The topological polar surface area (TPSA) is 18.5 Å². The van der Waals surface area contributed by atoms with E-state index in [9.17, 15) is 0 Å². The summed E-state index contributed by atoms with van der Waals surface area (Å²) in [6.45, 7) is 13.8. The first-order chi connectivity index (χ1) is 9.81. The maximum absolute atomic E-state index is 6.74. The molecule has 0 aliphatic carbocycles. The highest BCUT2D eigenvalue weighted by Crippen LogP contribution is 2.45. The van der Waals surface area contributed by atoms with Crippen LogP contribution in [0.3, 0.4) is 0 Å². The molecule has 0 unspecified atom stereocenters. The van der Waals surface area contributed by atoms with Gasteiger partial charge in [-0.1, -0.05) is 69.6 Å². The van der Waals surface area contributed by atoms with Crippen molar-refractivity contribution >= 4 is 24.2 Å². The number of benzene rings is 1. The molecule has 0 saturated heterocycles. The highest BCUT2D eigenvalue weighted by atomic mass is 79.9. The van der Waals surface area contributed by atoms with Gasteiger partial charge in [0.05, 0.1) is 7.11 Å². The molecule has 1 aromatic carbocycles. The first-order valence-electron chi connectivity index (χ1n) is 7.72. The lowest BCUT2D eigenvalue weighted by molar-refractivity contribution is 0.380. The van der Waals surface area contributed by atoms with Crippen molar-refractivity contribution in [2.45, 2.75) is 63.5 Å². The largest absolute Gasteiger partial charge is 0.540 e. The number of methoxy groups -OCH3 is 1. The van der Waals surface area contributed by atoms with Gasteiger partial charge in [-0.15, -0.1) is 0 Å². The fourth-order valence-electron chi connectivity index (χ4n) is 3.52. The van der Waals surface area contributed by atoms with E-state index in [-0.39, 0.29) is 0 Å². The molecule has 0 saturated carbocycles. The third-order valence-electron chi connectivity index (χ3n) is 4.40. The Labute approximate surface area is 139 Å². The van der Waals surface area contributed by atoms with Crippen molar-refractivity contribution in [2.75, 3.05) is 7.11 Å². The fourth-order valence-corrected chi connectivity index (χ4v) is 9.21. The minimum atomic E-state index is -1.95. The molecule has 0 amide bonds. The molecule has 21 heavy (non-hydrogen) atoms. The monoisotopic (exact) mass is 372 g/mol. The zero-order valence-electron chi connectivity index (χ0n) is 14.4. The second-order valence-electron chi connectivity index (χ2n) is 6.50. The van der Waals surface area contributed by atoms with E-state index in [0.29, 0.717) is 16.6 Å². The molecule has 0 N–H and O–H groups in total. The average molecular weight is 373 g/mol. The summed E-state index contributed by atoms with van der Waals surface area (Å²) in [6, 6.07) is 6.16. The van der Waals surface area contributed by atoms with Crippen LogP contribution in [0.15, 0.2) is 18.2 Å². The molecule has 0 fully saturated rings. The maximum atomic E-state index is 6.74. The predicted octanol–water partition coefficient (Wildman–Crippen LogP) is 6.14. The highest BCUT2D eigenvalue weighted by molar-refractivity contribution is 9.08. The van der Waals surface area contributed by atoms with Gasteiger partial charge in [0.1, 0.15) is 5.75 Å². The maximum Gasteiger partial charge on any atom is 0.258 e. The Balaban J connectivity index is 3.34. The summed E-state index contributed by atoms with van der Waals surface area (Å²) >= 11 is 3.53. The summed E-state index contributed by atoms with van der Waals surface area (Å²) in [5.74, 6) is 1.77. The van der Waals surface area contributed by atoms with Gasteiger partial charge in [-0.05, 0) is 22.7 Å². The van der Waals surface area contributed by atoms with Crippen LogP contribution in [0, 0.1) is 0 Å². The molecule has 120 valence electrons. The van der Waals surface area contributed by atoms with Gasteiger partial charge >= 0.3 is 0 Å². The van der Waals surface area contributed by atoms with Crippen LogP contribution in [-0.2, 0) is 5.33 Å². The zero-order valence-corrected chi connectivity index (χ0v) is 17.0. The summed E-state index contributed by atoms with van der Waals surface area (Å²) < 4.78 is 12.4. The van der Waals surface area contributed by atoms with E-state index >= 15 is 0 Å². The van der Waals surface area contributed by atoms with Crippen LogP contribution < -0.4 is 9.16 Å². The van der Waals surface area contributed by atoms with Crippen molar-refractivity contribution in [3.8, 4) is 11.5 Å². The lowest BCUT2D eigenvalue weighted by Crippen LogP contribution is -2.50. The second kappa shape index (κ2) is 7.68. The molecule has 0 aliphatic rings. The van der Waals surface area contributed by atoms with E-state index < -0.39 is 8.32 Å². The molecule has 0 heterocycles. The first-order valence-corrected chi connectivity index (χ1v) is 11.0. The van der Waals surface area contributed by atoms with Crippen LogP contribution in [0.5, 0.6) is 11.5 Å². The molecule has 0 radical (unpaired) electrons. The van der Waals surface area contributed by atoms with Crippen molar-refractivity contribution in [1.82, 2.24) is 0 Å². The summed E-state index contributed by atoms with van der Waals surface area (Å²) in [5.41, 5.74) is 2.79. The van der Waals surface area contributed by atoms with E-state index in [1.165, 1.54) is 0 Å². The van der Waals surface area contributed by atoms with Crippen molar-refractivity contribution < 1.29 is 9.16 Å². The Morgan fingerprint density at radius 2 is 1.52 bits per heavy atom. The van der Waals surface area contributed by atoms with Gasteiger partial charge < -0.3 is 9.16 Å². The third kappa shape index (κ3) is 3.65. The van der Waals surface area contributed by atoms with Crippen LogP contribution in [-0.4, -0.2) is 15.4 Å². The highest BCUT2D eigenvalue weighted by Gasteiger charge is 2.47. The molecule has 0 aromatic heterocycles. The van der Waals surface area contributed by atoms with Gasteiger partial charge in [0.15, 0.2) is 5.75 Å². The van der Waals surface area contributed by atoms with Gasteiger partial charge in [-0.25, -0.2) is 0 Å². The Hall–Kier alpha value is -0.483. The number of para-hydroxylation sites is 1. The van der Waals surface area contributed by atoms with Crippen molar-refractivity contribution in [2.24, 2.45) is 0 Å². The van der Waals surface area contributed by atoms with E-state index in [4.69, 9.17) is 9.16 Å². The molecule has 0 aliphatic heterocycles. The molecular formula is C17H29BrO2Si. The van der Waals surface area contributed by atoms with Crippen LogP contribution in [0.1, 0.15) is 47.1 Å². The van der Waals surface area contributed by atoms with Crippen molar-refractivity contribution in [3.05, 3.63) is 23.8 Å². The van der Waals surface area contributed by atoms with E-state index in [1.54, 1.807) is 7.11 Å². The van der Waals surface area contributed by atoms with Gasteiger partial charge in [-0.2, -0.15) is 0 Å². The van der Waals surface area contributed by atoms with Crippen molar-refractivity contribution in [3.63, 3.8) is 0 Å². The molecular weight excluding hydrogens is 344 g/mol. The molecule has 4 heteroatoms. The number of rotatable bonds is 7. The SMILES string of the molecule is COc1c(CBr)cccc1O[Si](C(C)C)(C(C)C)C(C)C. The van der Waals surface area contributed by atoms with Crippen LogP contribution in [0.2, 0.25) is 16.6 Å². The van der Waals surface area contributed by atoms with Gasteiger partial charge in [-0.3, -0.25) is 0 Å². The Morgan fingerprint density at radius 1 is 1.00 bits per heavy atom. The molecule has 0 spiro atoms. The van der Waals surface area contributed by atoms with E-state index in [0.717, 1.165) is 22.4 Å². The fraction of sp³-hybridized carbons (Fsp3) is 0.647. The minimum absolute atomic E-state index is 0.551. The number of halogens is 1. The predicted molar refractivity (Wildman–Crippen MR) is 97.3 cm³/mol. The molecule has 1 rings (SSSR count). The number of alkyl halides is 1. The minimum Gasteiger partial charge on any atom is -0.540 e. The molecule has 1 aromatic rings. The summed E-state index contributed by atoms with van der Waals surface area (Å²) in [7, 11) is -0.227. The molecule has 2 nitrogen and oxygen atoms in total. The molecule has 0 atom stereocenters. The van der Waals surface area contributed by atoms with E-state index in [2.05, 4.69) is 69.6 Å². The summed E-state index contributed by atoms with van der Waals surface area (Å²) in [6.07, 6.45) is 0. The van der Waals surface area contributed by atoms with Crippen LogP contribution in [0.25, 0.3) is 0 Å². The summed E-state index contributed by atoms with van der Waals surface area (Å²) in [5, 5.41) is 0.771. The lowest BCUT2D eigenvalue weighted by Gasteiger charge is -2.42. The zero-order chi connectivity index (χ0) is 16.2. The normalized spacial score (nSPS) is 12.3. The quantitative estimate of drug-likeness (QED) is 0.422. The van der Waals surface area contributed by atoms with Gasteiger partial charge in [0.2, 0.25) is 0 Å². The third-order valence-corrected chi connectivity index (χ3v) is 11.0. The van der Waals surface area contributed by atoms with Crippen LogP contribution >= 0.6 is 15.9 Å². The number of hydrogen-bond donors (Lipinski definition) is 0. The Morgan fingerprint density at radius 3 is 1.90 bits per heavy atom. The van der Waals surface area contributed by atoms with Gasteiger partial charge in [0.25, 0.3) is 8.32 Å². The van der Waals surface area contributed by atoms with Gasteiger partial charge in [0, 0.05) is 10.9 Å². The lowest BCUT2D eigenvalue weighted by atomic mass is 10.2. The first kappa shape index (κ1) is 18.6.